The number of allylic oxidation sites excluding steroid dienone is 4. The van der Waals surface area contributed by atoms with Crippen LogP contribution in [0.3, 0.4) is 0 Å². The summed E-state index contributed by atoms with van der Waals surface area (Å²) in [4.78, 5) is 11.2. The Labute approximate surface area is 84.5 Å². The number of nitrogens with two attached hydrogens (primary N) is 1. The van der Waals surface area contributed by atoms with Crippen molar-refractivity contribution in [3.05, 3.63) is 47.7 Å². The number of hydrogen-bond donors (Lipinski definition) is 1. The monoisotopic (exact) mass is 189 g/mol. The molecule has 1 rings (SSSR count). The fourth-order valence-electron chi connectivity index (χ4n) is 1.38. The van der Waals surface area contributed by atoms with Gasteiger partial charge in [0, 0.05) is 5.70 Å². The van der Waals surface area contributed by atoms with E-state index in [0.717, 1.165) is 24.0 Å². The van der Waals surface area contributed by atoms with Crippen molar-refractivity contribution in [2.24, 2.45) is 5.73 Å². The van der Waals surface area contributed by atoms with Gasteiger partial charge in [0.05, 0.1) is 0 Å². The van der Waals surface area contributed by atoms with Gasteiger partial charge in [-0.3, -0.25) is 4.79 Å². The van der Waals surface area contributed by atoms with Gasteiger partial charge in [0.25, 0.3) is 0 Å². The average Bonchev–Trinajstić information content (AvgIpc) is 2.16. The second-order valence-corrected chi connectivity index (χ2v) is 3.43. The number of hydrogen-bond acceptors (Lipinski definition) is 2. The highest BCUT2D eigenvalue weighted by Crippen LogP contribution is 2.24. The molecule has 2 nitrogen and oxygen atoms in total. The molecule has 0 aromatic carbocycles. The highest BCUT2D eigenvalue weighted by atomic mass is 16.1. The molecule has 0 saturated heterocycles. The van der Waals surface area contributed by atoms with Gasteiger partial charge in [-0.25, -0.2) is 0 Å². The van der Waals surface area contributed by atoms with Crippen LogP contribution in [-0.4, -0.2) is 5.78 Å². The Hall–Kier alpha value is -1.57. The molecule has 0 aromatic heterocycles. The van der Waals surface area contributed by atoms with Crippen molar-refractivity contribution in [3.63, 3.8) is 0 Å². The molecule has 0 radical (unpaired) electrons. The van der Waals surface area contributed by atoms with Crippen LogP contribution in [0, 0.1) is 0 Å². The number of rotatable bonds is 3. The molecular weight excluding hydrogens is 174 g/mol. The van der Waals surface area contributed by atoms with E-state index in [9.17, 15) is 4.79 Å². The lowest BCUT2D eigenvalue weighted by Gasteiger charge is -2.13. The number of ketones is 1. The van der Waals surface area contributed by atoms with Crippen LogP contribution in [0.2, 0.25) is 0 Å². The van der Waals surface area contributed by atoms with E-state index >= 15 is 0 Å². The zero-order valence-electron chi connectivity index (χ0n) is 8.47. The Morgan fingerprint density at radius 2 is 2.14 bits per heavy atom. The van der Waals surface area contributed by atoms with E-state index in [1.165, 1.54) is 0 Å². The van der Waals surface area contributed by atoms with Crippen molar-refractivity contribution in [1.82, 2.24) is 0 Å². The fraction of sp³-hybridized carbons (Fsp3) is 0.250. The number of carbonyl (C=O) groups is 1. The molecule has 0 aromatic rings. The molecule has 0 saturated carbocycles. The largest absolute Gasteiger partial charge is 0.399 e. The van der Waals surface area contributed by atoms with Crippen LogP contribution in [0.15, 0.2) is 47.7 Å². The van der Waals surface area contributed by atoms with Crippen molar-refractivity contribution in [3.8, 4) is 0 Å². The normalized spacial score (nSPS) is 15.5. The Morgan fingerprint density at radius 1 is 1.50 bits per heavy atom. The van der Waals surface area contributed by atoms with Crippen molar-refractivity contribution in [2.45, 2.75) is 19.8 Å². The first-order valence-electron chi connectivity index (χ1n) is 4.58. The molecule has 14 heavy (non-hydrogen) atoms. The van der Waals surface area contributed by atoms with E-state index in [1.807, 2.05) is 12.2 Å². The van der Waals surface area contributed by atoms with Crippen LogP contribution < -0.4 is 5.73 Å². The fourth-order valence-corrected chi connectivity index (χ4v) is 1.38. The Balaban J connectivity index is 2.93. The molecule has 2 N–H and O–H groups in total. The van der Waals surface area contributed by atoms with Gasteiger partial charge in [-0.2, -0.15) is 0 Å². The molecule has 2 heteroatoms. The topological polar surface area (TPSA) is 43.1 Å². The van der Waals surface area contributed by atoms with Crippen LogP contribution in [-0.2, 0) is 4.79 Å². The predicted octanol–water partition coefficient (Wildman–Crippen LogP) is 2.25. The van der Waals surface area contributed by atoms with Gasteiger partial charge in [-0.15, -0.1) is 0 Å². The summed E-state index contributed by atoms with van der Waals surface area (Å²) in [5, 5.41) is 0. The maximum absolute atomic E-state index is 11.2. The number of Topliss-reactive ketones (excluding diaryl/α,β-unsaturated/α-hetero) is 1. The minimum absolute atomic E-state index is 0.117. The molecule has 1 aliphatic rings. The molecule has 0 amide bonds. The first-order valence-corrected chi connectivity index (χ1v) is 4.58. The Kier molecular flexibility index (Phi) is 3.07. The Morgan fingerprint density at radius 3 is 2.64 bits per heavy atom. The van der Waals surface area contributed by atoms with Gasteiger partial charge in [-0.1, -0.05) is 19.2 Å². The second kappa shape index (κ2) is 4.09. The summed E-state index contributed by atoms with van der Waals surface area (Å²) < 4.78 is 0. The van der Waals surface area contributed by atoms with Gasteiger partial charge in [0.1, 0.15) is 0 Å². The van der Waals surface area contributed by atoms with Crippen molar-refractivity contribution >= 4 is 5.78 Å². The summed E-state index contributed by atoms with van der Waals surface area (Å²) in [7, 11) is 0. The standard InChI is InChI=1S/C12H15NO/c1-8(9(2)13)11-5-4-6-12(7-11)10(3)14/h5,7H,1-2,4,6,13H2,3H3. The van der Waals surface area contributed by atoms with Gasteiger partial charge in [0.15, 0.2) is 5.78 Å². The van der Waals surface area contributed by atoms with Gasteiger partial charge >= 0.3 is 0 Å². The highest BCUT2D eigenvalue weighted by Gasteiger charge is 2.11. The van der Waals surface area contributed by atoms with Crippen LogP contribution in [0.4, 0.5) is 0 Å². The lowest BCUT2D eigenvalue weighted by Crippen LogP contribution is -2.05. The minimum Gasteiger partial charge on any atom is -0.399 e. The smallest absolute Gasteiger partial charge is 0.155 e. The van der Waals surface area contributed by atoms with Gasteiger partial charge < -0.3 is 5.73 Å². The van der Waals surface area contributed by atoms with E-state index in [-0.39, 0.29) is 5.78 Å². The van der Waals surface area contributed by atoms with E-state index in [0.29, 0.717) is 11.3 Å². The van der Waals surface area contributed by atoms with E-state index in [1.54, 1.807) is 6.92 Å². The van der Waals surface area contributed by atoms with Crippen molar-refractivity contribution < 1.29 is 4.79 Å². The van der Waals surface area contributed by atoms with Crippen molar-refractivity contribution in [1.29, 1.82) is 0 Å². The van der Waals surface area contributed by atoms with Crippen molar-refractivity contribution in [2.75, 3.05) is 0 Å². The third-order valence-electron chi connectivity index (χ3n) is 2.30. The first-order chi connectivity index (χ1) is 6.52. The number of carbonyl (C=O) groups excluding carboxylic acids is 1. The molecule has 0 aliphatic heterocycles. The maximum atomic E-state index is 11.2. The second-order valence-electron chi connectivity index (χ2n) is 3.43. The van der Waals surface area contributed by atoms with Crippen LogP contribution in [0.1, 0.15) is 19.8 Å². The SMILES string of the molecule is C=C(N)C(=C)C1=CCCC(C(C)=O)=C1. The molecule has 74 valence electrons. The van der Waals surface area contributed by atoms with Gasteiger partial charge in [0.2, 0.25) is 0 Å². The van der Waals surface area contributed by atoms with Crippen LogP contribution in [0.5, 0.6) is 0 Å². The minimum atomic E-state index is 0.117. The van der Waals surface area contributed by atoms with Crippen LogP contribution in [0.25, 0.3) is 0 Å². The zero-order valence-corrected chi connectivity index (χ0v) is 8.47. The highest BCUT2D eigenvalue weighted by molar-refractivity contribution is 5.94. The van der Waals surface area contributed by atoms with Gasteiger partial charge in [-0.05, 0) is 42.6 Å². The lowest BCUT2D eigenvalue weighted by atomic mass is 9.92. The van der Waals surface area contributed by atoms with E-state index in [2.05, 4.69) is 13.2 Å². The first kappa shape index (κ1) is 10.5. The lowest BCUT2D eigenvalue weighted by molar-refractivity contribution is -0.113. The quantitative estimate of drug-likeness (QED) is 0.692. The summed E-state index contributed by atoms with van der Waals surface area (Å²) in [5.74, 6) is 0.117. The molecule has 0 unspecified atom stereocenters. The summed E-state index contributed by atoms with van der Waals surface area (Å²) in [6.45, 7) is 9.02. The molecule has 0 heterocycles. The summed E-state index contributed by atoms with van der Waals surface area (Å²) in [5.41, 5.74) is 8.47. The van der Waals surface area contributed by atoms with Crippen LogP contribution >= 0.6 is 0 Å². The molecule has 0 atom stereocenters. The predicted molar refractivity (Wildman–Crippen MR) is 58.5 cm³/mol. The molecule has 1 aliphatic carbocycles. The molecule has 0 fully saturated rings. The molecular formula is C12H15NO. The summed E-state index contributed by atoms with van der Waals surface area (Å²) in [6, 6.07) is 0. The Bertz CT molecular complexity index is 359. The summed E-state index contributed by atoms with van der Waals surface area (Å²) in [6.07, 6.45) is 5.56. The maximum Gasteiger partial charge on any atom is 0.155 e. The zero-order chi connectivity index (χ0) is 10.7. The van der Waals surface area contributed by atoms with E-state index < -0.39 is 0 Å². The molecule has 0 bridgehead atoms. The van der Waals surface area contributed by atoms with E-state index in [4.69, 9.17) is 5.73 Å². The molecule has 0 spiro atoms. The average molecular weight is 189 g/mol. The third kappa shape index (κ3) is 2.22. The summed E-state index contributed by atoms with van der Waals surface area (Å²) >= 11 is 0. The third-order valence-corrected chi connectivity index (χ3v) is 2.30.